The summed E-state index contributed by atoms with van der Waals surface area (Å²) in [5, 5.41) is 10.4. The number of piperazine rings is 1. The smallest absolute Gasteiger partial charge is 0.149 e. The van der Waals surface area contributed by atoms with Crippen molar-refractivity contribution < 1.29 is 8.78 Å². The zero-order valence-corrected chi connectivity index (χ0v) is 21.5. The van der Waals surface area contributed by atoms with Crippen LogP contribution in [0.5, 0.6) is 0 Å². The fraction of sp³-hybridized carbons (Fsp3) is 0.370. The van der Waals surface area contributed by atoms with E-state index in [1.54, 1.807) is 6.33 Å². The van der Waals surface area contributed by atoms with Gasteiger partial charge in [-0.25, -0.2) is 18.7 Å². The number of benzene rings is 1. The van der Waals surface area contributed by atoms with Crippen molar-refractivity contribution in [3.8, 4) is 6.07 Å². The SMILES string of the molecule is N#CC[C@]1(N2C=CN(c3ncnc4[nH]ccc34)C=C2)C[C@@H](N2CCN(Cc3c(F)ccc(F)c3Cl)CC2)C1. The molecule has 11 heteroatoms. The second kappa shape index (κ2) is 9.98. The summed E-state index contributed by atoms with van der Waals surface area (Å²) in [6.45, 7) is 3.46. The van der Waals surface area contributed by atoms with Crippen LogP contribution in [-0.4, -0.2) is 67.4 Å². The first-order chi connectivity index (χ1) is 18.5. The third kappa shape index (κ3) is 4.41. The Balaban J connectivity index is 1.07. The lowest BCUT2D eigenvalue weighted by Crippen LogP contribution is -2.63. The predicted molar refractivity (Wildman–Crippen MR) is 141 cm³/mol. The van der Waals surface area contributed by atoms with Crippen LogP contribution in [0.1, 0.15) is 24.8 Å². The quantitative estimate of drug-likeness (QED) is 0.462. The Morgan fingerprint density at radius 2 is 1.76 bits per heavy atom. The highest BCUT2D eigenvalue weighted by atomic mass is 35.5. The molecule has 38 heavy (non-hydrogen) atoms. The van der Waals surface area contributed by atoms with Crippen molar-refractivity contribution in [2.45, 2.75) is 37.4 Å². The molecule has 1 saturated heterocycles. The Hall–Kier alpha value is -3.52. The van der Waals surface area contributed by atoms with Gasteiger partial charge in [0.2, 0.25) is 0 Å². The van der Waals surface area contributed by atoms with Gasteiger partial charge in [-0.05, 0) is 31.0 Å². The fourth-order valence-electron chi connectivity index (χ4n) is 5.80. The summed E-state index contributed by atoms with van der Waals surface area (Å²) in [5.74, 6) is -0.275. The standard InChI is InChI=1S/C27H27ClF2N8/c28-24-21(22(29)1-2-23(24)30)17-35-7-9-36(10-8-35)19-15-27(16-19,4-5-31)38-13-11-37(12-14-38)26-20-3-6-32-25(20)33-18-34-26/h1-3,6,11-14,18-19H,4,7-10,15-17H2,(H,32,33,34)/t19-,27+. The largest absolute Gasteiger partial charge is 0.346 e. The van der Waals surface area contributed by atoms with Crippen molar-refractivity contribution in [2.75, 3.05) is 31.1 Å². The Morgan fingerprint density at radius 1 is 1.03 bits per heavy atom. The Bertz CT molecular complexity index is 1420. The highest BCUT2D eigenvalue weighted by Crippen LogP contribution is 2.45. The highest BCUT2D eigenvalue weighted by molar-refractivity contribution is 6.31. The molecule has 0 spiro atoms. The van der Waals surface area contributed by atoms with Gasteiger partial charge in [0.15, 0.2) is 0 Å². The molecule has 0 unspecified atom stereocenters. The first kappa shape index (κ1) is 24.8. The molecule has 0 radical (unpaired) electrons. The third-order valence-corrected chi connectivity index (χ3v) is 8.39. The molecule has 1 aliphatic carbocycles. The summed E-state index contributed by atoms with van der Waals surface area (Å²) in [5.41, 5.74) is 0.753. The van der Waals surface area contributed by atoms with E-state index in [2.05, 4.69) is 35.7 Å². The van der Waals surface area contributed by atoms with E-state index in [-0.39, 0.29) is 16.1 Å². The Kier molecular flexibility index (Phi) is 6.51. The van der Waals surface area contributed by atoms with Crippen LogP contribution in [0.4, 0.5) is 14.6 Å². The second-order valence-electron chi connectivity index (χ2n) is 10.1. The van der Waals surface area contributed by atoms with Crippen LogP contribution in [0.25, 0.3) is 11.0 Å². The van der Waals surface area contributed by atoms with E-state index in [1.807, 2.05) is 42.0 Å². The van der Waals surface area contributed by atoms with Crippen molar-refractivity contribution >= 4 is 28.5 Å². The number of hydrogen-bond donors (Lipinski definition) is 1. The van der Waals surface area contributed by atoms with Crippen LogP contribution in [0.2, 0.25) is 5.02 Å². The molecule has 2 fully saturated rings. The van der Waals surface area contributed by atoms with Crippen molar-refractivity contribution in [3.63, 3.8) is 0 Å². The van der Waals surface area contributed by atoms with Gasteiger partial charge in [0.25, 0.3) is 0 Å². The maximum Gasteiger partial charge on any atom is 0.149 e. The normalized spacial score (nSPS) is 24.1. The number of hydrogen-bond acceptors (Lipinski definition) is 7. The van der Waals surface area contributed by atoms with Gasteiger partial charge < -0.3 is 14.8 Å². The third-order valence-electron chi connectivity index (χ3n) is 7.98. The van der Waals surface area contributed by atoms with E-state index in [0.29, 0.717) is 19.0 Å². The summed E-state index contributed by atoms with van der Waals surface area (Å²) in [6.07, 6.45) is 13.6. The van der Waals surface area contributed by atoms with E-state index < -0.39 is 11.6 Å². The molecule has 1 aromatic carbocycles. The molecule has 196 valence electrons. The number of aromatic nitrogens is 3. The second-order valence-corrected chi connectivity index (χ2v) is 10.5. The predicted octanol–water partition coefficient (Wildman–Crippen LogP) is 4.59. The summed E-state index contributed by atoms with van der Waals surface area (Å²) in [6, 6.07) is 6.91. The molecule has 3 aromatic rings. The number of fused-ring (bicyclic) bond motifs is 1. The lowest BCUT2D eigenvalue weighted by atomic mass is 9.68. The monoisotopic (exact) mass is 536 g/mol. The van der Waals surface area contributed by atoms with E-state index >= 15 is 0 Å². The van der Waals surface area contributed by atoms with Crippen molar-refractivity contribution in [3.05, 3.63) is 77.7 Å². The van der Waals surface area contributed by atoms with Gasteiger partial charge in [0.1, 0.15) is 29.4 Å². The van der Waals surface area contributed by atoms with E-state index in [9.17, 15) is 14.0 Å². The van der Waals surface area contributed by atoms with Crippen LogP contribution < -0.4 is 4.90 Å². The van der Waals surface area contributed by atoms with Crippen molar-refractivity contribution in [1.29, 1.82) is 5.26 Å². The lowest BCUT2D eigenvalue weighted by molar-refractivity contribution is -0.0262. The lowest BCUT2D eigenvalue weighted by Gasteiger charge is -2.56. The van der Waals surface area contributed by atoms with Crippen LogP contribution in [0.15, 0.2) is 55.5 Å². The van der Waals surface area contributed by atoms with E-state index in [1.165, 1.54) is 0 Å². The average Bonchev–Trinajstić information content (AvgIpc) is 3.41. The van der Waals surface area contributed by atoms with Gasteiger partial charge in [-0.2, -0.15) is 5.26 Å². The number of halogens is 3. The molecule has 8 nitrogen and oxygen atoms in total. The maximum atomic E-state index is 14.2. The van der Waals surface area contributed by atoms with Crippen molar-refractivity contribution in [2.24, 2.45) is 0 Å². The first-order valence-electron chi connectivity index (χ1n) is 12.6. The number of nitrogens with zero attached hydrogens (tertiary/aromatic N) is 7. The molecular weight excluding hydrogens is 510 g/mol. The average molecular weight is 537 g/mol. The minimum Gasteiger partial charge on any atom is -0.346 e. The van der Waals surface area contributed by atoms with Gasteiger partial charge in [-0.15, -0.1) is 0 Å². The minimum absolute atomic E-state index is 0.133. The summed E-state index contributed by atoms with van der Waals surface area (Å²) < 4.78 is 28.0. The number of H-pyrrole nitrogens is 1. The molecule has 0 atom stereocenters. The summed E-state index contributed by atoms with van der Waals surface area (Å²) in [4.78, 5) is 20.5. The number of rotatable bonds is 6. The number of nitriles is 1. The molecule has 6 rings (SSSR count). The number of aromatic amines is 1. The molecule has 3 aliphatic rings. The summed E-state index contributed by atoms with van der Waals surface area (Å²) in [7, 11) is 0. The molecular formula is C27H27ClF2N8. The van der Waals surface area contributed by atoms with Gasteiger partial charge in [0.05, 0.1) is 28.4 Å². The van der Waals surface area contributed by atoms with Crippen molar-refractivity contribution in [1.82, 2.24) is 29.7 Å². The van der Waals surface area contributed by atoms with Crippen LogP contribution in [-0.2, 0) is 6.54 Å². The highest BCUT2D eigenvalue weighted by Gasteiger charge is 2.50. The molecule has 1 N–H and O–H groups in total. The fourth-order valence-corrected chi connectivity index (χ4v) is 6.02. The molecule has 2 aliphatic heterocycles. The minimum atomic E-state index is -0.594. The number of anilines is 1. The van der Waals surface area contributed by atoms with E-state index in [4.69, 9.17) is 11.6 Å². The molecule has 4 heterocycles. The topological polar surface area (TPSA) is 78.3 Å². The maximum absolute atomic E-state index is 14.2. The molecule has 2 aromatic heterocycles. The van der Waals surface area contributed by atoms with Gasteiger partial charge in [-0.3, -0.25) is 9.80 Å². The van der Waals surface area contributed by atoms with Crippen LogP contribution in [0.3, 0.4) is 0 Å². The zero-order valence-electron chi connectivity index (χ0n) is 20.7. The van der Waals surface area contributed by atoms with Gasteiger partial charge in [-0.1, -0.05) is 11.6 Å². The van der Waals surface area contributed by atoms with E-state index in [0.717, 1.165) is 68.0 Å². The molecule has 0 bridgehead atoms. The first-order valence-corrected chi connectivity index (χ1v) is 13.0. The molecule has 0 amide bonds. The number of nitrogens with one attached hydrogen (secondary N) is 1. The Labute approximate surface area is 224 Å². The molecule has 1 saturated carbocycles. The van der Waals surface area contributed by atoms with Crippen LogP contribution >= 0.6 is 11.6 Å². The zero-order chi connectivity index (χ0) is 26.3. The Morgan fingerprint density at radius 3 is 2.50 bits per heavy atom. The van der Waals surface area contributed by atoms with Gasteiger partial charge >= 0.3 is 0 Å². The van der Waals surface area contributed by atoms with Gasteiger partial charge in [0, 0.05) is 75.3 Å². The van der Waals surface area contributed by atoms with Crippen LogP contribution in [0, 0.1) is 23.0 Å². The summed E-state index contributed by atoms with van der Waals surface area (Å²) >= 11 is 6.02.